The van der Waals surface area contributed by atoms with Crippen LogP contribution in [-0.4, -0.2) is 25.2 Å². The molecule has 0 aliphatic carbocycles. The lowest BCUT2D eigenvalue weighted by Gasteiger charge is -2.28. The van der Waals surface area contributed by atoms with Gasteiger partial charge in [-0.25, -0.2) is 0 Å². The van der Waals surface area contributed by atoms with E-state index in [9.17, 15) is 4.79 Å². The number of carbonyl (C=O) groups is 1. The molecule has 0 aliphatic heterocycles. The third kappa shape index (κ3) is 6.04. The summed E-state index contributed by atoms with van der Waals surface area (Å²) in [6, 6.07) is 7.54. The third-order valence-corrected chi connectivity index (χ3v) is 4.39. The highest BCUT2D eigenvalue weighted by molar-refractivity contribution is 9.12. The summed E-state index contributed by atoms with van der Waals surface area (Å²) in [5, 5.41) is 3.00. The average Bonchev–Trinajstić information content (AvgIpc) is 2.56. The van der Waals surface area contributed by atoms with Crippen molar-refractivity contribution >= 4 is 21.9 Å². The molecule has 0 aromatic heterocycles. The van der Waals surface area contributed by atoms with Crippen LogP contribution in [0.25, 0.3) is 0 Å². The summed E-state index contributed by atoms with van der Waals surface area (Å²) < 4.78 is 12.1. The van der Waals surface area contributed by atoms with Crippen LogP contribution in [0.4, 0.5) is 0 Å². The van der Waals surface area contributed by atoms with Crippen molar-refractivity contribution in [3.05, 3.63) is 52.7 Å². The molecule has 0 radical (unpaired) electrons. The second-order valence-electron chi connectivity index (χ2n) is 5.58. The SMILES string of the molecule is C=C(NC)/C(Br)=C\C(C)(CC)Oc1ccccc1CC(=O)OCC. The predicted molar refractivity (Wildman–Crippen MR) is 101 cm³/mol. The number of allylic oxidation sites excluding steroid dienone is 1. The smallest absolute Gasteiger partial charge is 0.310 e. The molecule has 0 bridgehead atoms. The Morgan fingerprint density at radius 3 is 2.62 bits per heavy atom. The number of hydrogen-bond donors (Lipinski definition) is 1. The quantitative estimate of drug-likeness (QED) is 0.498. The Hall–Kier alpha value is -1.75. The Balaban J connectivity index is 3.04. The van der Waals surface area contributed by atoms with E-state index in [0.717, 1.165) is 22.2 Å². The summed E-state index contributed by atoms with van der Waals surface area (Å²) in [5.74, 6) is 0.425. The minimum atomic E-state index is -0.538. The first-order chi connectivity index (χ1) is 11.3. The lowest BCUT2D eigenvalue weighted by molar-refractivity contribution is -0.142. The fraction of sp³-hybridized carbons (Fsp3) is 0.421. The zero-order valence-electron chi connectivity index (χ0n) is 14.8. The van der Waals surface area contributed by atoms with E-state index in [1.165, 1.54) is 0 Å². The molecular formula is C19H26BrNO3. The van der Waals surface area contributed by atoms with Crippen LogP contribution in [0.2, 0.25) is 0 Å². The van der Waals surface area contributed by atoms with E-state index in [1.807, 2.05) is 51.2 Å². The maximum Gasteiger partial charge on any atom is 0.310 e. The molecule has 0 saturated heterocycles. The lowest BCUT2D eigenvalue weighted by atomic mass is 10.0. The first-order valence-corrected chi connectivity index (χ1v) is 8.82. The highest BCUT2D eigenvalue weighted by Crippen LogP contribution is 2.29. The number of para-hydroxylation sites is 1. The van der Waals surface area contributed by atoms with E-state index in [-0.39, 0.29) is 12.4 Å². The first-order valence-electron chi connectivity index (χ1n) is 8.03. The third-order valence-electron chi connectivity index (χ3n) is 3.68. The summed E-state index contributed by atoms with van der Waals surface area (Å²) in [6.45, 7) is 10.1. The number of ether oxygens (including phenoxy) is 2. The molecule has 0 saturated carbocycles. The molecule has 0 aliphatic rings. The van der Waals surface area contributed by atoms with Crippen molar-refractivity contribution in [3.8, 4) is 5.75 Å². The van der Waals surface area contributed by atoms with Crippen LogP contribution >= 0.6 is 15.9 Å². The monoisotopic (exact) mass is 395 g/mol. The van der Waals surface area contributed by atoms with Gasteiger partial charge in [0.2, 0.25) is 0 Å². The van der Waals surface area contributed by atoms with Crippen LogP contribution in [0.3, 0.4) is 0 Å². The molecule has 24 heavy (non-hydrogen) atoms. The number of benzene rings is 1. The van der Waals surface area contributed by atoms with Crippen molar-refractivity contribution in [3.63, 3.8) is 0 Å². The van der Waals surface area contributed by atoms with Gasteiger partial charge < -0.3 is 14.8 Å². The van der Waals surface area contributed by atoms with Crippen LogP contribution in [-0.2, 0) is 16.0 Å². The van der Waals surface area contributed by atoms with Gasteiger partial charge in [-0.3, -0.25) is 4.79 Å². The molecule has 5 heteroatoms. The van der Waals surface area contributed by atoms with Gasteiger partial charge in [0.15, 0.2) is 0 Å². The minimum Gasteiger partial charge on any atom is -0.483 e. The van der Waals surface area contributed by atoms with Gasteiger partial charge in [-0.2, -0.15) is 0 Å². The van der Waals surface area contributed by atoms with Gasteiger partial charge in [0, 0.05) is 22.8 Å². The first kappa shape index (κ1) is 20.3. The van der Waals surface area contributed by atoms with Gasteiger partial charge in [0.1, 0.15) is 11.4 Å². The van der Waals surface area contributed by atoms with Crippen molar-refractivity contribution < 1.29 is 14.3 Å². The fourth-order valence-electron chi connectivity index (χ4n) is 2.05. The molecular weight excluding hydrogens is 370 g/mol. The second kappa shape index (κ2) is 9.52. The second-order valence-corrected chi connectivity index (χ2v) is 6.43. The molecule has 1 rings (SSSR count). The molecule has 0 fully saturated rings. The van der Waals surface area contributed by atoms with Gasteiger partial charge in [-0.1, -0.05) is 31.7 Å². The Bertz CT molecular complexity index is 612. The van der Waals surface area contributed by atoms with E-state index in [4.69, 9.17) is 9.47 Å². The lowest BCUT2D eigenvalue weighted by Crippen LogP contribution is -2.30. The maximum atomic E-state index is 11.8. The summed E-state index contributed by atoms with van der Waals surface area (Å²) in [5.41, 5.74) is 1.05. The number of esters is 1. The van der Waals surface area contributed by atoms with Crippen molar-refractivity contribution in [2.45, 2.75) is 39.2 Å². The van der Waals surface area contributed by atoms with Gasteiger partial charge in [0.05, 0.1) is 13.0 Å². The van der Waals surface area contributed by atoms with E-state index >= 15 is 0 Å². The number of nitrogens with one attached hydrogen (secondary N) is 1. The molecule has 1 aromatic rings. The topological polar surface area (TPSA) is 47.6 Å². The summed E-state index contributed by atoms with van der Waals surface area (Å²) >= 11 is 3.52. The van der Waals surface area contributed by atoms with Crippen molar-refractivity contribution in [2.24, 2.45) is 0 Å². The highest BCUT2D eigenvalue weighted by Gasteiger charge is 2.24. The molecule has 1 atom stereocenters. The minimum absolute atomic E-state index is 0.192. The molecule has 0 spiro atoms. The van der Waals surface area contributed by atoms with Crippen LogP contribution in [0.15, 0.2) is 47.1 Å². The van der Waals surface area contributed by atoms with E-state index in [2.05, 4.69) is 27.8 Å². The van der Waals surface area contributed by atoms with Crippen molar-refractivity contribution in [2.75, 3.05) is 13.7 Å². The Kier molecular flexibility index (Phi) is 8.05. The number of rotatable bonds is 9. The van der Waals surface area contributed by atoms with Gasteiger partial charge in [-0.15, -0.1) is 0 Å². The van der Waals surface area contributed by atoms with Gasteiger partial charge >= 0.3 is 5.97 Å². The van der Waals surface area contributed by atoms with Gasteiger partial charge in [0.25, 0.3) is 0 Å². The Morgan fingerprint density at radius 1 is 1.38 bits per heavy atom. The zero-order chi connectivity index (χ0) is 18.2. The standard InChI is InChI=1S/C19H26BrNO3/c1-6-19(4,13-16(20)14(3)21-5)24-17-11-9-8-10-15(17)12-18(22)23-7-2/h8-11,13,21H,3,6-7,12H2,1-2,4-5H3/b16-13+. The largest absolute Gasteiger partial charge is 0.483 e. The Morgan fingerprint density at radius 2 is 2.04 bits per heavy atom. The van der Waals surface area contributed by atoms with Crippen LogP contribution < -0.4 is 10.1 Å². The molecule has 1 aromatic carbocycles. The number of hydrogen-bond acceptors (Lipinski definition) is 4. The summed E-state index contributed by atoms with van der Waals surface area (Å²) in [6.07, 6.45) is 2.93. The van der Waals surface area contributed by atoms with Crippen molar-refractivity contribution in [1.29, 1.82) is 0 Å². The molecule has 0 heterocycles. The highest BCUT2D eigenvalue weighted by atomic mass is 79.9. The number of likely N-dealkylation sites (N-methyl/N-ethyl adjacent to an activating group) is 1. The van der Waals surface area contributed by atoms with Gasteiger partial charge in [-0.05, 0) is 48.3 Å². The predicted octanol–water partition coefficient (Wildman–Crippen LogP) is 4.35. The normalized spacial score (nSPS) is 13.8. The molecule has 1 N–H and O–H groups in total. The van der Waals surface area contributed by atoms with Crippen molar-refractivity contribution in [1.82, 2.24) is 5.32 Å². The molecule has 1 unspecified atom stereocenters. The molecule has 4 nitrogen and oxygen atoms in total. The maximum absolute atomic E-state index is 11.8. The Labute approximate surface area is 153 Å². The van der Waals surface area contributed by atoms with Crippen LogP contribution in [0.1, 0.15) is 32.8 Å². The summed E-state index contributed by atoms with van der Waals surface area (Å²) in [7, 11) is 1.82. The van der Waals surface area contributed by atoms with E-state index in [0.29, 0.717) is 12.4 Å². The molecule has 132 valence electrons. The molecule has 0 amide bonds. The van der Waals surface area contributed by atoms with E-state index in [1.54, 1.807) is 6.92 Å². The average molecular weight is 396 g/mol. The fourth-order valence-corrected chi connectivity index (χ4v) is 2.73. The summed E-state index contributed by atoms with van der Waals surface area (Å²) in [4.78, 5) is 11.8. The van der Waals surface area contributed by atoms with Crippen LogP contribution in [0, 0.1) is 0 Å². The van der Waals surface area contributed by atoms with E-state index < -0.39 is 5.60 Å². The zero-order valence-corrected chi connectivity index (χ0v) is 16.4. The van der Waals surface area contributed by atoms with Crippen LogP contribution in [0.5, 0.6) is 5.75 Å². The number of halogens is 1. The number of carbonyl (C=O) groups excluding carboxylic acids is 1.